The second kappa shape index (κ2) is 6.63. The van der Waals surface area contributed by atoms with Crippen LogP contribution in [0.1, 0.15) is 26.7 Å². The number of hydrogen-bond acceptors (Lipinski definition) is 3. The summed E-state index contributed by atoms with van der Waals surface area (Å²) in [6.45, 7) is 4.49. The first kappa shape index (κ1) is 14.0. The van der Waals surface area contributed by atoms with Crippen LogP contribution >= 0.6 is 0 Å². The quantitative estimate of drug-likeness (QED) is 0.712. The maximum absolute atomic E-state index is 11.6. The van der Waals surface area contributed by atoms with Crippen LogP contribution in [0.4, 0.5) is 10.5 Å². The number of nitrogens with zero attached hydrogens (tertiary/aromatic N) is 2. The Morgan fingerprint density at radius 3 is 2.72 bits per heavy atom. The van der Waals surface area contributed by atoms with Gasteiger partial charge in [0.15, 0.2) is 0 Å². The molecule has 0 fully saturated rings. The SMILES string of the molecule is CCC(CC(=O)O)NC(=O)Nc1cnn(CC)c1. The number of carboxylic acids is 1. The van der Waals surface area contributed by atoms with Crippen LogP contribution in [-0.4, -0.2) is 32.9 Å². The molecule has 0 aliphatic rings. The number of urea groups is 1. The van der Waals surface area contributed by atoms with Crippen molar-refractivity contribution in [2.75, 3.05) is 5.32 Å². The number of carboxylic acid groups (broad SMARTS) is 1. The van der Waals surface area contributed by atoms with Gasteiger partial charge < -0.3 is 15.7 Å². The number of anilines is 1. The monoisotopic (exact) mass is 254 g/mol. The molecule has 7 heteroatoms. The topological polar surface area (TPSA) is 96.2 Å². The minimum absolute atomic E-state index is 0.0852. The third-order valence-electron chi connectivity index (χ3n) is 2.46. The van der Waals surface area contributed by atoms with E-state index in [2.05, 4.69) is 15.7 Å². The van der Waals surface area contributed by atoms with Crippen molar-refractivity contribution in [3.8, 4) is 0 Å². The number of aliphatic carboxylic acids is 1. The Hall–Kier alpha value is -2.05. The standard InChI is InChI=1S/C11H18N4O3/c1-3-8(5-10(16)17)13-11(18)14-9-6-12-15(4-2)7-9/h6-8H,3-5H2,1-2H3,(H,16,17)(H2,13,14,18). The summed E-state index contributed by atoms with van der Waals surface area (Å²) in [6, 6.07) is -0.789. The van der Waals surface area contributed by atoms with Gasteiger partial charge in [-0.25, -0.2) is 4.79 Å². The number of hydrogen-bond donors (Lipinski definition) is 3. The highest BCUT2D eigenvalue weighted by molar-refractivity contribution is 5.89. The zero-order valence-electron chi connectivity index (χ0n) is 10.5. The molecule has 0 saturated heterocycles. The van der Waals surface area contributed by atoms with Gasteiger partial charge in [0.1, 0.15) is 0 Å². The first-order valence-corrected chi connectivity index (χ1v) is 5.86. The number of aryl methyl sites for hydroxylation is 1. The maximum Gasteiger partial charge on any atom is 0.319 e. The lowest BCUT2D eigenvalue weighted by molar-refractivity contribution is -0.137. The highest BCUT2D eigenvalue weighted by Gasteiger charge is 2.14. The molecular weight excluding hydrogens is 236 g/mol. The highest BCUT2D eigenvalue weighted by atomic mass is 16.4. The van der Waals surface area contributed by atoms with E-state index in [0.717, 1.165) is 6.54 Å². The van der Waals surface area contributed by atoms with Crippen molar-refractivity contribution in [3.63, 3.8) is 0 Å². The summed E-state index contributed by atoms with van der Waals surface area (Å²) in [5.74, 6) is -0.930. The molecule has 1 unspecified atom stereocenters. The predicted octanol–water partition coefficient (Wildman–Crippen LogP) is 1.28. The Morgan fingerprint density at radius 2 is 2.22 bits per heavy atom. The summed E-state index contributed by atoms with van der Waals surface area (Å²) in [7, 11) is 0. The highest BCUT2D eigenvalue weighted by Crippen LogP contribution is 2.05. The number of amides is 2. The fraction of sp³-hybridized carbons (Fsp3) is 0.545. The Labute approximate surface area is 105 Å². The molecule has 1 aromatic rings. The number of carbonyl (C=O) groups excluding carboxylic acids is 1. The van der Waals surface area contributed by atoms with Gasteiger partial charge in [-0.1, -0.05) is 6.92 Å². The third-order valence-corrected chi connectivity index (χ3v) is 2.46. The van der Waals surface area contributed by atoms with Gasteiger partial charge in [0.25, 0.3) is 0 Å². The maximum atomic E-state index is 11.6. The molecule has 0 bridgehead atoms. The third kappa shape index (κ3) is 4.44. The van der Waals surface area contributed by atoms with Crippen molar-refractivity contribution < 1.29 is 14.7 Å². The van der Waals surface area contributed by atoms with Crippen molar-refractivity contribution in [1.82, 2.24) is 15.1 Å². The molecule has 0 aliphatic carbocycles. The van der Waals surface area contributed by atoms with E-state index in [9.17, 15) is 9.59 Å². The molecule has 0 spiro atoms. The second-order valence-electron chi connectivity index (χ2n) is 3.89. The molecule has 0 radical (unpaired) electrons. The molecule has 1 atom stereocenters. The Bertz CT molecular complexity index is 416. The molecule has 3 N–H and O–H groups in total. The minimum Gasteiger partial charge on any atom is -0.481 e. The average molecular weight is 254 g/mol. The van der Waals surface area contributed by atoms with E-state index < -0.39 is 12.0 Å². The lowest BCUT2D eigenvalue weighted by Gasteiger charge is -2.14. The molecule has 0 saturated carbocycles. The summed E-state index contributed by atoms with van der Waals surface area (Å²) >= 11 is 0. The minimum atomic E-state index is -0.930. The van der Waals surface area contributed by atoms with Crippen LogP contribution < -0.4 is 10.6 Å². The molecule has 18 heavy (non-hydrogen) atoms. The number of carbonyl (C=O) groups is 2. The normalized spacial score (nSPS) is 11.9. The van der Waals surface area contributed by atoms with Crippen LogP contribution in [-0.2, 0) is 11.3 Å². The van der Waals surface area contributed by atoms with Crippen LogP contribution in [0.2, 0.25) is 0 Å². The molecule has 0 aliphatic heterocycles. The zero-order chi connectivity index (χ0) is 13.5. The van der Waals surface area contributed by atoms with Gasteiger partial charge in [-0.3, -0.25) is 9.48 Å². The average Bonchev–Trinajstić information content (AvgIpc) is 2.75. The molecule has 0 aromatic carbocycles. The lowest BCUT2D eigenvalue weighted by Crippen LogP contribution is -2.38. The van der Waals surface area contributed by atoms with Crippen LogP contribution in [0.3, 0.4) is 0 Å². The van der Waals surface area contributed by atoms with E-state index in [4.69, 9.17) is 5.11 Å². The summed E-state index contributed by atoms with van der Waals surface area (Å²) < 4.78 is 1.68. The van der Waals surface area contributed by atoms with Crippen LogP contribution in [0.25, 0.3) is 0 Å². The van der Waals surface area contributed by atoms with Crippen molar-refractivity contribution in [2.24, 2.45) is 0 Å². The number of rotatable bonds is 6. The van der Waals surface area contributed by atoms with Gasteiger partial charge >= 0.3 is 12.0 Å². The zero-order valence-corrected chi connectivity index (χ0v) is 10.5. The van der Waals surface area contributed by atoms with E-state index in [1.54, 1.807) is 17.1 Å². The van der Waals surface area contributed by atoms with Gasteiger partial charge in [-0.2, -0.15) is 5.10 Å². The number of nitrogens with one attached hydrogen (secondary N) is 2. The molecule has 1 rings (SSSR count). The van der Waals surface area contributed by atoms with E-state index in [1.165, 1.54) is 0 Å². The Morgan fingerprint density at radius 1 is 1.50 bits per heavy atom. The molecular formula is C11H18N4O3. The van der Waals surface area contributed by atoms with Gasteiger partial charge in [-0.15, -0.1) is 0 Å². The van der Waals surface area contributed by atoms with Crippen molar-refractivity contribution >= 4 is 17.7 Å². The van der Waals surface area contributed by atoms with E-state index >= 15 is 0 Å². The first-order chi connectivity index (χ1) is 8.55. The fourth-order valence-corrected chi connectivity index (χ4v) is 1.46. The first-order valence-electron chi connectivity index (χ1n) is 5.86. The number of aromatic nitrogens is 2. The second-order valence-corrected chi connectivity index (χ2v) is 3.89. The van der Waals surface area contributed by atoms with Crippen LogP contribution in [0.5, 0.6) is 0 Å². The lowest BCUT2D eigenvalue weighted by atomic mass is 10.1. The van der Waals surface area contributed by atoms with E-state index in [-0.39, 0.29) is 12.5 Å². The molecule has 2 amide bonds. The fourth-order valence-electron chi connectivity index (χ4n) is 1.46. The Balaban J connectivity index is 2.47. The molecule has 100 valence electrons. The summed E-state index contributed by atoms with van der Waals surface area (Å²) in [5, 5.41) is 17.9. The van der Waals surface area contributed by atoms with Gasteiger partial charge in [-0.05, 0) is 13.3 Å². The van der Waals surface area contributed by atoms with Gasteiger partial charge in [0.2, 0.25) is 0 Å². The van der Waals surface area contributed by atoms with Gasteiger partial charge in [0.05, 0.1) is 18.3 Å². The van der Waals surface area contributed by atoms with Gasteiger partial charge in [0, 0.05) is 18.8 Å². The summed E-state index contributed by atoms with van der Waals surface area (Å²) in [5.41, 5.74) is 0.583. The van der Waals surface area contributed by atoms with Crippen molar-refractivity contribution in [2.45, 2.75) is 39.3 Å². The van der Waals surface area contributed by atoms with E-state index in [1.807, 2.05) is 13.8 Å². The van der Waals surface area contributed by atoms with Crippen LogP contribution in [0.15, 0.2) is 12.4 Å². The predicted molar refractivity (Wildman–Crippen MR) is 66.4 cm³/mol. The van der Waals surface area contributed by atoms with Crippen LogP contribution in [0, 0.1) is 0 Å². The smallest absolute Gasteiger partial charge is 0.319 e. The molecule has 1 heterocycles. The summed E-state index contributed by atoms with van der Waals surface area (Å²) in [4.78, 5) is 22.2. The van der Waals surface area contributed by atoms with E-state index in [0.29, 0.717) is 12.1 Å². The molecule has 7 nitrogen and oxygen atoms in total. The summed E-state index contributed by atoms with van der Waals surface area (Å²) in [6.07, 6.45) is 3.73. The molecule has 1 aromatic heterocycles. The van der Waals surface area contributed by atoms with Crippen molar-refractivity contribution in [3.05, 3.63) is 12.4 Å². The van der Waals surface area contributed by atoms with Crippen molar-refractivity contribution in [1.29, 1.82) is 0 Å². The Kier molecular flexibility index (Phi) is 5.16. The largest absolute Gasteiger partial charge is 0.481 e.